The number of rotatable bonds is 7. The highest BCUT2D eigenvalue weighted by atomic mass is 32.2. The molecule has 0 aromatic carbocycles. The van der Waals surface area contributed by atoms with Crippen molar-refractivity contribution in [2.45, 2.75) is 26.6 Å². The van der Waals surface area contributed by atoms with Gasteiger partial charge in [0.25, 0.3) is 0 Å². The maximum Gasteiger partial charge on any atom is 0.158 e. The van der Waals surface area contributed by atoms with Gasteiger partial charge in [0.15, 0.2) is 11.5 Å². The van der Waals surface area contributed by atoms with Crippen LogP contribution in [0.25, 0.3) is 0 Å². The zero-order valence-corrected chi connectivity index (χ0v) is 9.02. The van der Waals surface area contributed by atoms with Gasteiger partial charge in [-0.1, -0.05) is 11.8 Å². The molecule has 0 aliphatic rings. The topological polar surface area (TPSA) is 68.3 Å². The van der Waals surface area contributed by atoms with E-state index >= 15 is 0 Å². The first kappa shape index (κ1) is 12.7. The predicted molar refractivity (Wildman–Crippen MR) is 56.0 cm³/mol. The Kier molecular flexibility index (Phi) is 8.18. The first-order valence-corrected chi connectivity index (χ1v) is 5.39. The molecule has 3 N–H and O–H groups in total. The van der Waals surface area contributed by atoms with Crippen molar-refractivity contribution in [2.75, 3.05) is 19.0 Å². The molecule has 13 heavy (non-hydrogen) atoms. The zero-order valence-electron chi connectivity index (χ0n) is 8.21. The Balaban J connectivity index is 3.49. The highest BCUT2D eigenvalue weighted by molar-refractivity contribution is 8.13. The summed E-state index contributed by atoms with van der Waals surface area (Å²) in [7, 11) is 0. The van der Waals surface area contributed by atoms with E-state index in [9.17, 15) is 0 Å². The minimum Gasteiger partial charge on any atom is -0.379 e. The summed E-state index contributed by atoms with van der Waals surface area (Å²) < 4.78 is 10.6. The predicted octanol–water partition coefficient (Wildman–Crippen LogP) is 1.40. The van der Waals surface area contributed by atoms with Gasteiger partial charge in [-0.25, -0.2) is 0 Å². The van der Waals surface area contributed by atoms with E-state index in [1.54, 1.807) is 0 Å². The molecule has 0 rings (SSSR count). The van der Waals surface area contributed by atoms with Gasteiger partial charge in [-0.2, -0.15) is 0 Å². The van der Waals surface area contributed by atoms with Crippen LogP contribution in [0.1, 0.15) is 20.3 Å². The Morgan fingerprint density at radius 3 is 2.31 bits per heavy atom. The third-order valence-corrected chi connectivity index (χ3v) is 2.07. The van der Waals surface area contributed by atoms with E-state index in [-0.39, 0.29) is 11.5 Å². The standard InChI is InChI=1S/C8H18N2O2S/c1-3-11-7(12-4-2)5-6-13-8(9)10/h7H,3-6H2,1-2H3,(H3,9,10). The molecule has 4 nitrogen and oxygen atoms in total. The second-order valence-electron chi connectivity index (χ2n) is 2.34. The fourth-order valence-corrected chi connectivity index (χ4v) is 1.38. The fraction of sp³-hybridized carbons (Fsp3) is 0.875. The van der Waals surface area contributed by atoms with Gasteiger partial charge in [-0.3, -0.25) is 5.41 Å². The number of ether oxygens (including phenoxy) is 2. The van der Waals surface area contributed by atoms with Crippen LogP contribution in [-0.2, 0) is 9.47 Å². The quantitative estimate of drug-likeness (QED) is 0.375. The Labute approximate surface area is 83.7 Å². The van der Waals surface area contributed by atoms with E-state index in [0.717, 1.165) is 12.2 Å². The minimum atomic E-state index is -0.151. The van der Waals surface area contributed by atoms with Gasteiger partial charge >= 0.3 is 0 Å². The van der Waals surface area contributed by atoms with Crippen molar-refractivity contribution in [3.63, 3.8) is 0 Å². The van der Waals surface area contributed by atoms with E-state index in [1.165, 1.54) is 11.8 Å². The van der Waals surface area contributed by atoms with Crippen molar-refractivity contribution >= 4 is 16.9 Å². The van der Waals surface area contributed by atoms with E-state index in [4.69, 9.17) is 20.6 Å². The van der Waals surface area contributed by atoms with Crippen molar-refractivity contribution < 1.29 is 9.47 Å². The third-order valence-electron chi connectivity index (χ3n) is 1.32. The number of hydrogen-bond donors (Lipinski definition) is 2. The summed E-state index contributed by atoms with van der Waals surface area (Å²) in [6, 6.07) is 0. The molecule has 0 heterocycles. The molecular formula is C8H18N2O2S. The van der Waals surface area contributed by atoms with Gasteiger partial charge in [0.05, 0.1) is 0 Å². The molecule has 0 radical (unpaired) electrons. The number of hydrogen-bond acceptors (Lipinski definition) is 4. The second kappa shape index (κ2) is 8.34. The summed E-state index contributed by atoms with van der Waals surface area (Å²) in [5.74, 6) is 0.764. The summed E-state index contributed by atoms with van der Waals surface area (Å²) >= 11 is 1.31. The molecule has 0 bridgehead atoms. The lowest BCUT2D eigenvalue weighted by Crippen LogP contribution is -2.19. The van der Waals surface area contributed by atoms with Gasteiger partial charge in [0, 0.05) is 25.4 Å². The highest BCUT2D eigenvalue weighted by Crippen LogP contribution is 2.07. The Hall–Kier alpha value is -0.260. The molecule has 5 heteroatoms. The second-order valence-corrected chi connectivity index (χ2v) is 3.48. The number of nitrogens with one attached hydrogen (secondary N) is 1. The van der Waals surface area contributed by atoms with Crippen molar-refractivity contribution in [2.24, 2.45) is 5.73 Å². The highest BCUT2D eigenvalue weighted by Gasteiger charge is 2.07. The maximum absolute atomic E-state index is 7.00. The van der Waals surface area contributed by atoms with Crippen molar-refractivity contribution in [1.29, 1.82) is 5.41 Å². The third kappa shape index (κ3) is 8.08. The monoisotopic (exact) mass is 206 g/mol. The van der Waals surface area contributed by atoms with Crippen LogP contribution in [0.5, 0.6) is 0 Å². The molecule has 0 amide bonds. The molecular weight excluding hydrogens is 188 g/mol. The molecule has 0 saturated heterocycles. The summed E-state index contributed by atoms with van der Waals surface area (Å²) in [5.41, 5.74) is 5.19. The van der Waals surface area contributed by atoms with Crippen molar-refractivity contribution in [1.82, 2.24) is 0 Å². The summed E-state index contributed by atoms with van der Waals surface area (Å²) in [5, 5.41) is 7.15. The molecule has 0 saturated carbocycles. The molecule has 0 atom stereocenters. The van der Waals surface area contributed by atoms with Crippen LogP contribution in [0.4, 0.5) is 0 Å². The van der Waals surface area contributed by atoms with Gasteiger partial charge in [0.2, 0.25) is 0 Å². The lowest BCUT2D eigenvalue weighted by Gasteiger charge is -2.15. The molecule has 0 fully saturated rings. The van der Waals surface area contributed by atoms with E-state index in [0.29, 0.717) is 13.2 Å². The van der Waals surface area contributed by atoms with E-state index in [1.807, 2.05) is 13.8 Å². The van der Waals surface area contributed by atoms with Crippen LogP contribution < -0.4 is 5.73 Å². The summed E-state index contributed by atoms with van der Waals surface area (Å²) in [6.07, 6.45) is 0.619. The molecule has 78 valence electrons. The number of nitrogens with two attached hydrogens (primary N) is 1. The molecule has 0 aliphatic carbocycles. The lowest BCUT2D eigenvalue weighted by molar-refractivity contribution is -0.136. The lowest BCUT2D eigenvalue weighted by atomic mass is 10.5. The van der Waals surface area contributed by atoms with Crippen LogP contribution in [0, 0.1) is 5.41 Å². The zero-order chi connectivity index (χ0) is 10.1. The average molecular weight is 206 g/mol. The number of thioether (sulfide) groups is 1. The average Bonchev–Trinajstić information content (AvgIpc) is 2.04. The van der Waals surface area contributed by atoms with E-state index in [2.05, 4.69) is 0 Å². The minimum absolute atomic E-state index is 0.145. The van der Waals surface area contributed by atoms with Gasteiger partial charge in [-0.15, -0.1) is 0 Å². The fourth-order valence-electron chi connectivity index (χ4n) is 0.852. The smallest absolute Gasteiger partial charge is 0.158 e. The van der Waals surface area contributed by atoms with Crippen molar-refractivity contribution in [3.8, 4) is 0 Å². The first-order chi connectivity index (χ1) is 6.20. The van der Waals surface area contributed by atoms with E-state index < -0.39 is 0 Å². The van der Waals surface area contributed by atoms with Crippen LogP contribution >= 0.6 is 11.8 Å². The van der Waals surface area contributed by atoms with Crippen LogP contribution in [0.2, 0.25) is 0 Å². The van der Waals surface area contributed by atoms with Crippen LogP contribution in [0.3, 0.4) is 0 Å². The number of amidine groups is 1. The van der Waals surface area contributed by atoms with Gasteiger partial charge < -0.3 is 15.2 Å². The van der Waals surface area contributed by atoms with Crippen molar-refractivity contribution in [3.05, 3.63) is 0 Å². The summed E-state index contributed by atoms with van der Waals surface area (Å²) in [4.78, 5) is 0. The summed E-state index contributed by atoms with van der Waals surface area (Å²) in [6.45, 7) is 5.17. The van der Waals surface area contributed by atoms with Crippen LogP contribution in [0.15, 0.2) is 0 Å². The molecule has 0 spiro atoms. The Morgan fingerprint density at radius 1 is 1.38 bits per heavy atom. The maximum atomic E-state index is 7.00. The molecule has 0 aliphatic heterocycles. The Bertz CT molecular complexity index is 138. The normalized spacial score (nSPS) is 10.7. The molecule has 0 aromatic rings. The van der Waals surface area contributed by atoms with Gasteiger partial charge in [0.1, 0.15) is 0 Å². The van der Waals surface area contributed by atoms with Crippen LogP contribution in [-0.4, -0.2) is 30.4 Å². The molecule has 0 aromatic heterocycles. The van der Waals surface area contributed by atoms with Gasteiger partial charge in [-0.05, 0) is 13.8 Å². The SMILES string of the molecule is CCOC(CCSC(=N)N)OCC. The Morgan fingerprint density at radius 2 is 1.92 bits per heavy atom. The largest absolute Gasteiger partial charge is 0.379 e. The first-order valence-electron chi connectivity index (χ1n) is 4.40. The molecule has 0 unspecified atom stereocenters.